The molecule has 2 aromatic rings. The van der Waals surface area contributed by atoms with Crippen molar-refractivity contribution in [3.05, 3.63) is 54.1 Å². The van der Waals surface area contributed by atoms with Crippen molar-refractivity contribution in [3.8, 4) is 0 Å². The molecule has 1 aromatic carbocycles. The summed E-state index contributed by atoms with van der Waals surface area (Å²) in [6.07, 6.45) is 1.92. The van der Waals surface area contributed by atoms with Gasteiger partial charge in [-0.1, -0.05) is 6.07 Å². The van der Waals surface area contributed by atoms with E-state index in [1.54, 1.807) is 18.3 Å². The number of carbonyl (C=O) groups excluding carboxylic acids is 2. The maximum Gasteiger partial charge on any atom is 0.424 e. The fraction of sp³-hybridized carbons (Fsp3) is 0.440. The molecule has 0 spiro atoms. The molecule has 3 heterocycles. The highest BCUT2D eigenvalue weighted by Gasteiger charge is 2.33. The maximum atomic E-state index is 15.1. The number of amides is 2. The van der Waals surface area contributed by atoms with Crippen LogP contribution in [0.1, 0.15) is 18.5 Å². The maximum absolute atomic E-state index is 15.1. The quantitative estimate of drug-likeness (QED) is 0.515. The van der Waals surface area contributed by atoms with Gasteiger partial charge in [0, 0.05) is 44.4 Å². The molecular formula is C25H30FN5O5S. The Morgan fingerprint density at radius 3 is 2.89 bits per heavy atom. The molecule has 0 aliphatic carbocycles. The molecule has 2 fully saturated rings. The Bertz CT molecular complexity index is 1110. The highest BCUT2D eigenvalue weighted by molar-refractivity contribution is 7.80. The summed E-state index contributed by atoms with van der Waals surface area (Å²) in [6.45, 7) is 2.17. The minimum Gasteiger partial charge on any atom is -0.490 e. The van der Waals surface area contributed by atoms with E-state index in [4.69, 9.17) is 26.4 Å². The van der Waals surface area contributed by atoms with E-state index in [-0.39, 0.29) is 12.7 Å². The molecule has 0 saturated carbocycles. The molecule has 2 amide bonds. The Morgan fingerprint density at radius 2 is 2.14 bits per heavy atom. The van der Waals surface area contributed by atoms with Crippen molar-refractivity contribution in [2.45, 2.75) is 25.4 Å². The van der Waals surface area contributed by atoms with Crippen LogP contribution in [0.2, 0.25) is 0 Å². The van der Waals surface area contributed by atoms with Crippen LogP contribution in [0.4, 0.5) is 25.4 Å². The Labute approximate surface area is 220 Å². The van der Waals surface area contributed by atoms with E-state index >= 15 is 4.39 Å². The van der Waals surface area contributed by atoms with Crippen molar-refractivity contribution in [1.82, 2.24) is 15.4 Å². The van der Waals surface area contributed by atoms with Crippen LogP contribution in [0.3, 0.4) is 0 Å². The fourth-order valence-electron chi connectivity index (χ4n) is 4.18. The Kier molecular flexibility index (Phi) is 9.07. The molecule has 4 rings (SSSR count). The predicted octanol–water partition coefficient (Wildman–Crippen LogP) is 3.31. The van der Waals surface area contributed by atoms with Gasteiger partial charge in [0.2, 0.25) is 0 Å². The number of hydrogen-bond acceptors (Lipinski definition) is 9. The number of hydrazine groups is 1. The normalized spacial score (nSPS) is 17.8. The third-order valence-corrected chi connectivity index (χ3v) is 6.53. The summed E-state index contributed by atoms with van der Waals surface area (Å²) >= 11 is 5.04. The van der Waals surface area contributed by atoms with E-state index in [1.165, 1.54) is 23.1 Å². The van der Waals surface area contributed by atoms with Crippen LogP contribution >= 0.6 is 12.2 Å². The van der Waals surface area contributed by atoms with E-state index in [0.717, 1.165) is 5.69 Å². The number of methoxy groups -OCH3 is 1. The molecule has 0 bridgehead atoms. The van der Waals surface area contributed by atoms with Gasteiger partial charge in [-0.25, -0.2) is 24.4 Å². The number of rotatable bonds is 8. The van der Waals surface area contributed by atoms with Gasteiger partial charge in [0.15, 0.2) is 5.05 Å². The van der Waals surface area contributed by atoms with Gasteiger partial charge in [0.25, 0.3) is 0 Å². The molecule has 0 radical (unpaired) electrons. The van der Waals surface area contributed by atoms with Gasteiger partial charge in [0.05, 0.1) is 38.2 Å². The average molecular weight is 532 g/mol. The molecular weight excluding hydrogens is 501 g/mol. The van der Waals surface area contributed by atoms with Crippen LogP contribution in [0.25, 0.3) is 0 Å². The fourth-order valence-corrected chi connectivity index (χ4v) is 4.30. The summed E-state index contributed by atoms with van der Waals surface area (Å²) in [5, 5.41) is 1.86. The van der Waals surface area contributed by atoms with Gasteiger partial charge >= 0.3 is 12.2 Å². The first-order chi connectivity index (χ1) is 17.9. The van der Waals surface area contributed by atoms with Gasteiger partial charge in [-0.15, -0.1) is 0 Å². The summed E-state index contributed by atoms with van der Waals surface area (Å²) < 4.78 is 30.9. The monoisotopic (exact) mass is 531 g/mol. The van der Waals surface area contributed by atoms with E-state index in [9.17, 15) is 9.59 Å². The molecule has 12 heteroatoms. The van der Waals surface area contributed by atoms with Crippen molar-refractivity contribution in [2.75, 3.05) is 56.2 Å². The molecule has 198 valence electrons. The van der Waals surface area contributed by atoms with E-state index < -0.39 is 18.0 Å². The van der Waals surface area contributed by atoms with Gasteiger partial charge in [0.1, 0.15) is 11.9 Å². The standard InChI is InChI=1S/C25H30FN5O5S/c1-34-23(37)8-6-20-17-30(24(32)36-20)19-5-7-22(21(26)16-19)29-12-11-28-31(14-13-29)25(33)35-15-9-18-4-2-3-10-27-18/h2-5,7,10,16,20,28H,6,8-9,11-15,17H2,1H3/t20-/m0/s1. The molecule has 1 atom stereocenters. The second kappa shape index (κ2) is 12.6. The van der Waals surface area contributed by atoms with Gasteiger partial charge in [-0.05, 0) is 49.0 Å². The van der Waals surface area contributed by atoms with Crippen LogP contribution < -0.4 is 15.2 Å². The number of ether oxygens (including phenoxy) is 3. The van der Waals surface area contributed by atoms with Crippen molar-refractivity contribution in [3.63, 3.8) is 0 Å². The van der Waals surface area contributed by atoms with Gasteiger partial charge in [-0.2, -0.15) is 0 Å². The first kappa shape index (κ1) is 26.6. The molecule has 1 N–H and O–H groups in total. The largest absolute Gasteiger partial charge is 0.490 e. The number of nitrogens with one attached hydrogen (secondary N) is 1. The van der Waals surface area contributed by atoms with Crippen LogP contribution in [0, 0.1) is 5.82 Å². The van der Waals surface area contributed by atoms with E-state index in [0.29, 0.717) is 68.4 Å². The van der Waals surface area contributed by atoms with E-state index in [1.807, 2.05) is 23.1 Å². The number of anilines is 2. The average Bonchev–Trinajstić information content (AvgIpc) is 3.11. The minimum absolute atomic E-state index is 0.215. The zero-order valence-corrected chi connectivity index (χ0v) is 21.4. The number of halogens is 1. The van der Waals surface area contributed by atoms with Crippen molar-refractivity contribution in [2.24, 2.45) is 0 Å². The molecule has 2 aliphatic heterocycles. The summed E-state index contributed by atoms with van der Waals surface area (Å²) in [7, 11) is 1.51. The lowest BCUT2D eigenvalue weighted by Gasteiger charge is -2.24. The second-order valence-electron chi connectivity index (χ2n) is 8.60. The van der Waals surface area contributed by atoms with Crippen LogP contribution in [0.5, 0.6) is 0 Å². The SMILES string of the molecule is COC(=S)CC[C@H]1CN(c2ccc(N3CCNN(C(=O)OCCc4ccccn4)CC3)c(F)c2)C(=O)O1. The zero-order valence-electron chi connectivity index (χ0n) is 20.6. The number of cyclic esters (lactones) is 1. The summed E-state index contributed by atoms with van der Waals surface area (Å²) in [6, 6.07) is 10.3. The Hall–Kier alpha value is -3.51. The minimum atomic E-state index is -0.517. The summed E-state index contributed by atoms with van der Waals surface area (Å²) in [5.41, 5.74) is 4.70. The number of hydrogen-bond donors (Lipinski definition) is 1. The predicted molar refractivity (Wildman–Crippen MR) is 139 cm³/mol. The smallest absolute Gasteiger partial charge is 0.424 e. The molecule has 10 nitrogen and oxygen atoms in total. The number of benzene rings is 1. The number of nitrogens with zero attached hydrogens (tertiary/aromatic N) is 4. The van der Waals surface area contributed by atoms with Crippen molar-refractivity contribution in [1.29, 1.82) is 0 Å². The molecule has 1 aromatic heterocycles. The lowest BCUT2D eigenvalue weighted by molar-refractivity contribution is 0.0876. The highest BCUT2D eigenvalue weighted by Crippen LogP contribution is 2.29. The molecule has 0 unspecified atom stereocenters. The number of carbonyl (C=O) groups is 2. The van der Waals surface area contributed by atoms with Crippen molar-refractivity contribution >= 4 is 40.8 Å². The van der Waals surface area contributed by atoms with Gasteiger partial charge < -0.3 is 19.1 Å². The van der Waals surface area contributed by atoms with E-state index in [2.05, 4.69) is 10.4 Å². The highest BCUT2D eigenvalue weighted by atomic mass is 32.1. The summed E-state index contributed by atoms with van der Waals surface area (Å²) in [4.78, 5) is 32.3. The Balaban J connectivity index is 1.29. The van der Waals surface area contributed by atoms with Crippen molar-refractivity contribution < 1.29 is 28.2 Å². The zero-order chi connectivity index (χ0) is 26.2. The first-order valence-electron chi connectivity index (χ1n) is 12.1. The lowest BCUT2D eigenvalue weighted by atomic mass is 10.2. The lowest BCUT2D eigenvalue weighted by Crippen LogP contribution is -2.44. The number of aromatic nitrogens is 1. The molecule has 2 aliphatic rings. The third-order valence-electron chi connectivity index (χ3n) is 6.16. The van der Waals surface area contributed by atoms with Gasteiger partial charge in [-0.3, -0.25) is 9.88 Å². The number of thiocarbonyl (C=S) groups is 1. The van der Waals surface area contributed by atoms with Crippen LogP contribution in [0.15, 0.2) is 42.6 Å². The second-order valence-corrected chi connectivity index (χ2v) is 9.05. The summed E-state index contributed by atoms with van der Waals surface area (Å²) in [5.74, 6) is -0.458. The van der Waals surface area contributed by atoms with Crippen LogP contribution in [-0.2, 0) is 20.6 Å². The third kappa shape index (κ3) is 7.04. The molecule has 2 saturated heterocycles. The Morgan fingerprint density at radius 1 is 1.27 bits per heavy atom. The first-order valence-corrected chi connectivity index (χ1v) is 12.5. The van der Waals surface area contributed by atoms with Crippen LogP contribution in [-0.4, -0.2) is 79.8 Å². The topological polar surface area (TPSA) is 96.5 Å². The number of pyridine rings is 1. The molecule has 37 heavy (non-hydrogen) atoms.